The third-order valence-corrected chi connectivity index (χ3v) is 3.39. The number of nitrogens with two attached hydrogens (primary N) is 1. The van der Waals surface area contributed by atoms with Gasteiger partial charge in [0.2, 0.25) is 12.2 Å². The van der Waals surface area contributed by atoms with Gasteiger partial charge in [0.1, 0.15) is 11.6 Å². The Morgan fingerprint density at radius 3 is 2.80 bits per heavy atom. The number of hydrogen-bond donors (Lipinski definition) is 3. The smallest absolute Gasteiger partial charge is 0.261 e. The van der Waals surface area contributed by atoms with Crippen LogP contribution in [0.3, 0.4) is 0 Å². The Morgan fingerprint density at radius 1 is 1.44 bits per heavy atom. The molecule has 0 unspecified atom stereocenters. The number of carbonyl (C=O) groups excluding carboxylic acids is 1. The number of benzene rings is 2. The van der Waals surface area contributed by atoms with Crippen molar-refractivity contribution in [2.24, 2.45) is 10.7 Å². The molecular weight excluding hydrogens is 325 g/mol. The second kappa shape index (κ2) is 7.11. The molecule has 0 spiro atoms. The van der Waals surface area contributed by atoms with E-state index in [1.807, 2.05) is 0 Å². The maximum Gasteiger partial charge on any atom is 0.261 e. The molecule has 8 heteroatoms. The van der Waals surface area contributed by atoms with Crippen LogP contribution in [0.25, 0.3) is 16.0 Å². The Labute approximate surface area is 142 Å². The van der Waals surface area contributed by atoms with Gasteiger partial charge in [-0.1, -0.05) is 12.1 Å². The molecule has 25 heavy (non-hydrogen) atoms. The van der Waals surface area contributed by atoms with Gasteiger partial charge in [-0.2, -0.15) is 5.26 Å². The highest BCUT2D eigenvalue weighted by molar-refractivity contribution is 6.12. The van der Waals surface area contributed by atoms with E-state index in [1.54, 1.807) is 6.92 Å². The van der Waals surface area contributed by atoms with Crippen molar-refractivity contribution in [2.45, 2.75) is 6.92 Å². The predicted molar refractivity (Wildman–Crippen MR) is 89.2 cm³/mol. The summed E-state index contributed by atoms with van der Waals surface area (Å²) in [6, 6.07) is 6.41. The number of guanidine groups is 1. The quantitative estimate of drug-likeness (QED) is 0.338. The second-order valence-corrected chi connectivity index (χ2v) is 4.98. The zero-order chi connectivity index (χ0) is 18.6. The first-order chi connectivity index (χ1) is 11.9. The SMILES string of the molecule is [C-]#[N+]c1ccc(O)c(C(=O)NC(N)=NC#N)c1-c1cc(F)ccc1C. The highest BCUT2D eigenvalue weighted by Crippen LogP contribution is 2.40. The van der Waals surface area contributed by atoms with Crippen molar-refractivity contribution >= 4 is 17.6 Å². The zero-order valence-electron chi connectivity index (χ0n) is 13.0. The molecule has 0 bridgehead atoms. The summed E-state index contributed by atoms with van der Waals surface area (Å²) >= 11 is 0. The number of aromatic hydroxyl groups is 1. The van der Waals surface area contributed by atoms with Crippen molar-refractivity contribution in [1.82, 2.24) is 5.32 Å². The number of hydrogen-bond acceptors (Lipinski definition) is 4. The summed E-state index contributed by atoms with van der Waals surface area (Å²) in [5, 5.41) is 20.7. The molecule has 4 N–H and O–H groups in total. The molecule has 0 heterocycles. The van der Waals surface area contributed by atoms with Crippen molar-refractivity contribution in [3.05, 3.63) is 58.7 Å². The van der Waals surface area contributed by atoms with Gasteiger partial charge in [0.05, 0.1) is 12.1 Å². The molecule has 0 aliphatic heterocycles. The Kier molecular flexibility index (Phi) is 4.96. The first kappa shape index (κ1) is 17.4. The summed E-state index contributed by atoms with van der Waals surface area (Å²) in [6.07, 6.45) is 1.41. The lowest BCUT2D eigenvalue weighted by Gasteiger charge is -2.15. The summed E-state index contributed by atoms with van der Waals surface area (Å²) in [6.45, 7) is 8.98. The zero-order valence-corrected chi connectivity index (χ0v) is 13.0. The predicted octanol–water partition coefficient (Wildman–Crippen LogP) is 2.58. The van der Waals surface area contributed by atoms with Crippen molar-refractivity contribution in [3.8, 4) is 23.1 Å². The summed E-state index contributed by atoms with van der Waals surface area (Å²) < 4.78 is 13.7. The van der Waals surface area contributed by atoms with E-state index in [0.717, 1.165) is 0 Å². The molecule has 0 fully saturated rings. The largest absolute Gasteiger partial charge is 0.507 e. The molecular formula is C17H12FN5O2. The van der Waals surface area contributed by atoms with Gasteiger partial charge in [0.25, 0.3) is 5.91 Å². The number of nitriles is 1. The van der Waals surface area contributed by atoms with E-state index < -0.39 is 23.4 Å². The van der Waals surface area contributed by atoms with Crippen LogP contribution in [0.4, 0.5) is 10.1 Å². The van der Waals surface area contributed by atoms with E-state index in [1.165, 1.54) is 36.5 Å². The lowest BCUT2D eigenvalue weighted by molar-refractivity contribution is 0.0975. The van der Waals surface area contributed by atoms with E-state index in [4.69, 9.17) is 17.6 Å². The summed E-state index contributed by atoms with van der Waals surface area (Å²) in [5.74, 6) is -2.33. The van der Waals surface area contributed by atoms with E-state index in [0.29, 0.717) is 5.56 Å². The molecule has 0 radical (unpaired) electrons. The molecule has 0 aliphatic carbocycles. The minimum absolute atomic E-state index is 0.0486. The number of aliphatic imine (C=N–C) groups is 1. The van der Waals surface area contributed by atoms with Crippen LogP contribution in [0.15, 0.2) is 35.3 Å². The number of carbonyl (C=O) groups is 1. The van der Waals surface area contributed by atoms with Crippen LogP contribution in [-0.2, 0) is 0 Å². The third kappa shape index (κ3) is 3.54. The van der Waals surface area contributed by atoms with Crippen LogP contribution in [0.2, 0.25) is 0 Å². The monoisotopic (exact) mass is 337 g/mol. The summed E-state index contributed by atoms with van der Waals surface area (Å²) in [7, 11) is 0. The van der Waals surface area contributed by atoms with E-state index in [-0.39, 0.29) is 22.4 Å². The van der Waals surface area contributed by atoms with E-state index in [2.05, 4.69) is 15.2 Å². The van der Waals surface area contributed by atoms with E-state index >= 15 is 0 Å². The average Bonchev–Trinajstić information content (AvgIpc) is 2.56. The molecule has 2 aromatic rings. The van der Waals surface area contributed by atoms with Gasteiger partial charge in [-0.3, -0.25) is 10.1 Å². The fourth-order valence-corrected chi connectivity index (χ4v) is 2.30. The van der Waals surface area contributed by atoms with Gasteiger partial charge in [0.15, 0.2) is 5.69 Å². The summed E-state index contributed by atoms with van der Waals surface area (Å²) in [4.78, 5) is 19.0. The van der Waals surface area contributed by atoms with Gasteiger partial charge in [-0.05, 0) is 36.2 Å². The number of phenolic OH excluding ortho intramolecular Hbond substituents is 1. The Bertz CT molecular complexity index is 970. The van der Waals surface area contributed by atoms with Crippen molar-refractivity contribution in [2.75, 3.05) is 0 Å². The lowest BCUT2D eigenvalue weighted by Crippen LogP contribution is -2.36. The standard InChI is InChI=1S/C17H12FN5O2/c1-9-3-4-10(18)7-11(9)14-12(21-2)5-6-13(24)15(14)16(25)23-17(20)22-8-19/h3-7,24H,1H3,(H3,20,22,23,25). The van der Waals surface area contributed by atoms with Gasteiger partial charge in [-0.25, -0.2) is 9.24 Å². The number of aryl methyl sites for hydroxylation is 1. The van der Waals surface area contributed by atoms with Crippen LogP contribution >= 0.6 is 0 Å². The van der Waals surface area contributed by atoms with Crippen LogP contribution < -0.4 is 11.1 Å². The van der Waals surface area contributed by atoms with Crippen LogP contribution in [0.1, 0.15) is 15.9 Å². The molecule has 0 atom stereocenters. The minimum atomic E-state index is -0.877. The first-order valence-electron chi connectivity index (χ1n) is 6.92. The highest BCUT2D eigenvalue weighted by Gasteiger charge is 2.23. The Hall–Kier alpha value is -3.91. The molecule has 124 valence electrons. The van der Waals surface area contributed by atoms with Gasteiger partial charge < -0.3 is 10.8 Å². The first-order valence-corrected chi connectivity index (χ1v) is 6.92. The van der Waals surface area contributed by atoms with Crippen LogP contribution in [-0.4, -0.2) is 17.0 Å². The minimum Gasteiger partial charge on any atom is -0.507 e. The third-order valence-electron chi connectivity index (χ3n) is 3.39. The number of phenols is 1. The maximum absolute atomic E-state index is 13.7. The maximum atomic E-state index is 13.7. The van der Waals surface area contributed by atoms with Crippen molar-refractivity contribution in [3.63, 3.8) is 0 Å². The summed E-state index contributed by atoms with van der Waals surface area (Å²) in [5.41, 5.74) is 6.11. The number of amides is 1. The molecule has 0 saturated carbocycles. The molecule has 2 rings (SSSR count). The van der Waals surface area contributed by atoms with Crippen LogP contribution in [0, 0.1) is 30.8 Å². The Morgan fingerprint density at radius 2 is 2.16 bits per heavy atom. The Balaban J connectivity index is 2.75. The highest BCUT2D eigenvalue weighted by atomic mass is 19.1. The van der Waals surface area contributed by atoms with Gasteiger partial charge >= 0.3 is 0 Å². The number of halogens is 1. The topological polar surface area (TPSA) is 116 Å². The van der Waals surface area contributed by atoms with Crippen molar-refractivity contribution < 1.29 is 14.3 Å². The molecule has 7 nitrogen and oxygen atoms in total. The van der Waals surface area contributed by atoms with Crippen molar-refractivity contribution in [1.29, 1.82) is 5.26 Å². The molecule has 1 amide bonds. The fourth-order valence-electron chi connectivity index (χ4n) is 2.30. The van der Waals surface area contributed by atoms with Gasteiger partial charge in [0, 0.05) is 5.56 Å². The molecule has 0 aromatic heterocycles. The molecule has 2 aromatic carbocycles. The number of rotatable bonds is 2. The normalized spacial score (nSPS) is 10.6. The molecule has 0 saturated heterocycles. The fraction of sp³-hybridized carbons (Fsp3) is 0.0588. The van der Waals surface area contributed by atoms with Gasteiger partial charge in [-0.15, -0.1) is 4.99 Å². The lowest BCUT2D eigenvalue weighted by atomic mass is 9.93. The van der Waals surface area contributed by atoms with Crippen LogP contribution in [0.5, 0.6) is 5.75 Å². The second-order valence-electron chi connectivity index (χ2n) is 4.98. The van der Waals surface area contributed by atoms with E-state index in [9.17, 15) is 14.3 Å². The average molecular weight is 337 g/mol. The molecule has 0 aliphatic rings. The number of nitrogens with zero attached hydrogens (tertiary/aromatic N) is 3. The number of nitrogens with one attached hydrogen (secondary N) is 1.